The molecule has 3 aromatic rings. The van der Waals surface area contributed by atoms with Gasteiger partial charge in [-0.05, 0) is 38.0 Å². The highest BCUT2D eigenvalue weighted by molar-refractivity contribution is 5.76. The van der Waals surface area contributed by atoms with Gasteiger partial charge in [0.05, 0.1) is 12.1 Å². The monoisotopic (exact) mass is 425 g/mol. The van der Waals surface area contributed by atoms with Crippen molar-refractivity contribution in [1.29, 1.82) is 0 Å². The summed E-state index contributed by atoms with van der Waals surface area (Å²) in [5.41, 5.74) is 3.63. The van der Waals surface area contributed by atoms with Gasteiger partial charge in [0.2, 0.25) is 11.8 Å². The first-order chi connectivity index (χ1) is 14.9. The first-order valence-electron chi connectivity index (χ1n) is 9.74. The Bertz CT molecular complexity index is 1100. The molecule has 162 valence electrons. The molecule has 0 radical (unpaired) electrons. The van der Waals surface area contributed by atoms with Crippen molar-refractivity contribution in [3.63, 3.8) is 0 Å². The molecule has 0 aliphatic carbocycles. The Balaban J connectivity index is 0.000000858. The molecule has 10 nitrogen and oxygen atoms in total. The van der Waals surface area contributed by atoms with Gasteiger partial charge in [-0.15, -0.1) is 0 Å². The molecule has 2 N–H and O–H groups in total. The van der Waals surface area contributed by atoms with Gasteiger partial charge in [-0.25, -0.2) is 9.78 Å². The van der Waals surface area contributed by atoms with Crippen molar-refractivity contribution in [2.75, 3.05) is 6.54 Å². The number of nitrogens with one attached hydrogen (secondary N) is 1. The molecule has 0 unspecified atom stereocenters. The number of aromatic nitrogens is 4. The van der Waals surface area contributed by atoms with Crippen molar-refractivity contribution in [3.8, 4) is 11.5 Å². The van der Waals surface area contributed by atoms with Crippen LogP contribution in [0.4, 0.5) is 0 Å². The van der Waals surface area contributed by atoms with Crippen LogP contribution >= 0.6 is 0 Å². The number of rotatable bonds is 4. The minimum Gasteiger partial charge on any atom is -0.483 e. The predicted molar refractivity (Wildman–Crippen MR) is 110 cm³/mol. The standard InChI is InChI=1S/C20H21N5O3.CH2O2/c1-12-15(13(2)23-20(27)22-12)5-6-18(26)25-9-7-17-16(11-25)24-19(28-17)14-4-3-8-21-10-14;2-1-3/h3-4,8,10H,5-7,9,11H2,1-2H3,(H,22,23,27);1H,(H,2,3). The molecule has 0 bridgehead atoms. The van der Waals surface area contributed by atoms with Crippen LogP contribution in [0.5, 0.6) is 0 Å². The van der Waals surface area contributed by atoms with Gasteiger partial charge in [-0.2, -0.15) is 4.98 Å². The Morgan fingerprint density at radius 3 is 2.81 bits per heavy atom. The summed E-state index contributed by atoms with van der Waals surface area (Å²) in [4.78, 5) is 49.6. The summed E-state index contributed by atoms with van der Waals surface area (Å²) >= 11 is 0. The van der Waals surface area contributed by atoms with Crippen LogP contribution in [0.15, 0.2) is 33.7 Å². The number of aromatic amines is 1. The molecule has 1 aliphatic heterocycles. The SMILES string of the molecule is Cc1nc(=O)[nH]c(C)c1CCC(=O)N1CCc2oc(-c3cccnc3)nc2C1.O=CO. The molecule has 1 aliphatic rings. The summed E-state index contributed by atoms with van der Waals surface area (Å²) < 4.78 is 5.86. The fourth-order valence-corrected chi connectivity index (χ4v) is 3.54. The molecule has 0 saturated heterocycles. The highest BCUT2D eigenvalue weighted by atomic mass is 16.4. The van der Waals surface area contributed by atoms with Gasteiger partial charge in [0, 0.05) is 43.2 Å². The second-order valence-electron chi connectivity index (χ2n) is 7.03. The molecule has 31 heavy (non-hydrogen) atoms. The van der Waals surface area contributed by atoms with Gasteiger partial charge < -0.3 is 19.4 Å². The molecule has 10 heteroatoms. The van der Waals surface area contributed by atoms with Crippen molar-refractivity contribution in [3.05, 3.63) is 63.4 Å². The summed E-state index contributed by atoms with van der Waals surface area (Å²) in [6, 6.07) is 3.74. The highest BCUT2D eigenvalue weighted by Gasteiger charge is 2.26. The smallest absolute Gasteiger partial charge is 0.345 e. The van der Waals surface area contributed by atoms with Crippen LogP contribution in [0.3, 0.4) is 0 Å². The third-order valence-electron chi connectivity index (χ3n) is 5.03. The van der Waals surface area contributed by atoms with Crippen LogP contribution in [-0.2, 0) is 29.0 Å². The number of H-pyrrole nitrogens is 1. The largest absolute Gasteiger partial charge is 0.483 e. The first-order valence-corrected chi connectivity index (χ1v) is 9.74. The quantitative estimate of drug-likeness (QED) is 0.601. The minimum absolute atomic E-state index is 0.0570. The van der Waals surface area contributed by atoms with Crippen molar-refractivity contribution in [2.24, 2.45) is 0 Å². The second-order valence-corrected chi connectivity index (χ2v) is 7.03. The number of hydrogen-bond donors (Lipinski definition) is 2. The summed E-state index contributed by atoms with van der Waals surface area (Å²) in [5.74, 6) is 1.43. The van der Waals surface area contributed by atoms with Gasteiger partial charge in [0.25, 0.3) is 6.47 Å². The molecule has 0 saturated carbocycles. The summed E-state index contributed by atoms with van der Waals surface area (Å²) in [6.07, 6.45) is 4.96. The molecule has 0 atom stereocenters. The molecular weight excluding hydrogens is 402 g/mol. The van der Waals surface area contributed by atoms with Gasteiger partial charge >= 0.3 is 5.69 Å². The lowest BCUT2D eigenvalue weighted by atomic mass is 10.1. The van der Waals surface area contributed by atoms with Crippen LogP contribution in [-0.4, -0.2) is 48.9 Å². The van der Waals surface area contributed by atoms with E-state index in [2.05, 4.69) is 19.9 Å². The number of aryl methyl sites for hydroxylation is 2. The van der Waals surface area contributed by atoms with Gasteiger partial charge in [-0.1, -0.05) is 0 Å². The van der Waals surface area contributed by atoms with E-state index in [9.17, 15) is 9.59 Å². The average Bonchev–Trinajstić information content (AvgIpc) is 3.17. The molecular formula is C21H23N5O5. The average molecular weight is 425 g/mol. The van der Waals surface area contributed by atoms with Crippen molar-refractivity contribution < 1.29 is 19.1 Å². The number of fused-ring (bicyclic) bond motifs is 1. The molecule has 4 rings (SSSR count). The van der Waals surface area contributed by atoms with Crippen LogP contribution in [0.1, 0.15) is 34.8 Å². The third-order valence-corrected chi connectivity index (χ3v) is 5.03. The lowest BCUT2D eigenvalue weighted by molar-refractivity contribution is -0.132. The summed E-state index contributed by atoms with van der Waals surface area (Å²) in [5, 5.41) is 6.89. The fraction of sp³-hybridized carbons (Fsp3) is 0.333. The molecule has 4 heterocycles. The molecule has 1 amide bonds. The van der Waals surface area contributed by atoms with E-state index >= 15 is 0 Å². The lowest BCUT2D eigenvalue weighted by Gasteiger charge is -2.25. The summed E-state index contributed by atoms with van der Waals surface area (Å²) in [6.45, 7) is 4.43. The number of amides is 1. The Morgan fingerprint density at radius 2 is 2.13 bits per heavy atom. The number of hydrogen-bond acceptors (Lipinski definition) is 7. The van der Waals surface area contributed by atoms with E-state index in [0.717, 1.165) is 28.3 Å². The van der Waals surface area contributed by atoms with Gasteiger partial charge in [0.15, 0.2) is 0 Å². The van der Waals surface area contributed by atoms with E-state index in [-0.39, 0.29) is 18.1 Å². The zero-order chi connectivity index (χ0) is 22.4. The van der Waals surface area contributed by atoms with Crippen LogP contribution < -0.4 is 5.69 Å². The van der Waals surface area contributed by atoms with Crippen LogP contribution in [0.2, 0.25) is 0 Å². The number of carboxylic acid groups (broad SMARTS) is 1. The number of carbonyl (C=O) groups excluding carboxylic acids is 1. The second kappa shape index (κ2) is 9.79. The number of nitrogens with zero attached hydrogens (tertiary/aromatic N) is 4. The normalized spacial score (nSPS) is 12.5. The number of carbonyl (C=O) groups is 2. The Hall–Kier alpha value is -3.82. The van der Waals surface area contributed by atoms with Crippen molar-refractivity contribution >= 4 is 12.4 Å². The molecule has 0 spiro atoms. The van der Waals surface area contributed by atoms with Gasteiger partial charge in [-0.3, -0.25) is 14.6 Å². The van der Waals surface area contributed by atoms with E-state index in [4.69, 9.17) is 14.3 Å². The van der Waals surface area contributed by atoms with Crippen molar-refractivity contribution in [1.82, 2.24) is 24.8 Å². The highest BCUT2D eigenvalue weighted by Crippen LogP contribution is 2.26. The minimum atomic E-state index is -0.357. The topological polar surface area (TPSA) is 142 Å². The predicted octanol–water partition coefficient (Wildman–Crippen LogP) is 1.66. The van der Waals surface area contributed by atoms with E-state index in [0.29, 0.717) is 43.9 Å². The molecule has 0 aromatic carbocycles. The summed E-state index contributed by atoms with van der Waals surface area (Å²) in [7, 11) is 0. The van der Waals surface area contributed by atoms with E-state index in [1.807, 2.05) is 24.0 Å². The number of pyridine rings is 1. The Kier molecular flexibility index (Phi) is 6.91. The van der Waals surface area contributed by atoms with Crippen molar-refractivity contribution in [2.45, 2.75) is 39.7 Å². The number of oxazole rings is 1. The van der Waals surface area contributed by atoms with Crippen LogP contribution in [0, 0.1) is 13.8 Å². The van der Waals surface area contributed by atoms with E-state index in [1.165, 1.54) is 0 Å². The van der Waals surface area contributed by atoms with E-state index < -0.39 is 0 Å². The first kappa shape index (κ1) is 21.9. The Labute approximate surface area is 178 Å². The van der Waals surface area contributed by atoms with Gasteiger partial charge in [0.1, 0.15) is 11.5 Å². The third kappa shape index (κ3) is 5.21. The zero-order valence-electron chi connectivity index (χ0n) is 17.3. The molecule has 0 fully saturated rings. The fourth-order valence-electron chi connectivity index (χ4n) is 3.54. The van der Waals surface area contributed by atoms with E-state index in [1.54, 1.807) is 19.3 Å². The zero-order valence-corrected chi connectivity index (χ0v) is 17.3. The Morgan fingerprint density at radius 1 is 1.35 bits per heavy atom. The van der Waals surface area contributed by atoms with Crippen LogP contribution in [0.25, 0.3) is 11.5 Å². The maximum absolute atomic E-state index is 12.7. The maximum Gasteiger partial charge on any atom is 0.345 e. The lowest BCUT2D eigenvalue weighted by Crippen LogP contribution is -2.36. The maximum atomic E-state index is 12.7. The molecule has 3 aromatic heterocycles.